The van der Waals surface area contributed by atoms with Gasteiger partial charge in [0.15, 0.2) is 0 Å². The van der Waals surface area contributed by atoms with E-state index >= 15 is 0 Å². The Morgan fingerprint density at radius 2 is 1.84 bits per heavy atom. The number of phenolic OH excluding ortho intramolecular Hbond substituents is 1. The SMILES string of the molecule is Cc1ccc2c(c1)C(O)CC(c1ccc(O)cc1)O2. The van der Waals surface area contributed by atoms with Gasteiger partial charge in [-0.3, -0.25) is 0 Å². The molecule has 0 bridgehead atoms. The minimum absolute atomic E-state index is 0.175. The van der Waals surface area contributed by atoms with Crippen LogP contribution in [0.25, 0.3) is 0 Å². The second-order valence-corrected chi connectivity index (χ2v) is 4.99. The molecule has 0 saturated carbocycles. The highest BCUT2D eigenvalue weighted by atomic mass is 16.5. The molecule has 98 valence electrons. The van der Waals surface area contributed by atoms with Gasteiger partial charge in [-0.15, -0.1) is 0 Å². The third kappa shape index (κ3) is 2.29. The zero-order chi connectivity index (χ0) is 13.4. The summed E-state index contributed by atoms with van der Waals surface area (Å²) in [6, 6.07) is 12.8. The molecule has 2 N–H and O–H groups in total. The first-order valence-corrected chi connectivity index (χ1v) is 6.37. The zero-order valence-corrected chi connectivity index (χ0v) is 10.7. The van der Waals surface area contributed by atoms with Gasteiger partial charge in [0.2, 0.25) is 0 Å². The van der Waals surface area contributed by atoms with Crippen LogP contribution >= 0.6 is 0 Å². The van der Waals surface area contributed by atoms with Crippen LogP contribution in [0.5, 0.6) is 11.5 Å². The molecule has 2 aromatic carbocycles. The molecule has 1 aliphatic heterocycles. The summed E-state index contributed by atoms with van der Waals surface area (Å²) in [6.07, 6.45) is -0.158. The van der Waals surface area contributed by atoms with Gasteiger partial charge in [0.1, 0.15) is 17.6 Å². The van der Waals surface area contributed by atoms with Crippen molar-refractivity contribution in [1.82, 2.24) is 0 Å². The molecule has 1 aliphatic rings. The molecule has 3 rings (SSSR count). The maximum Gasteiger partial charge on any atom is 0.127 e. The normalized spacial score (nSPS) is 21.6. The minimum atomic E-state index is -0.512. The summed E-state index contributed by atoms with van der Waals surface area (Å²) < 4.78 is 5.94. The van der Waals surface area contributed by atoms with Crippen molar-refractivity contribution in [1.29, 1.82) is 0 Å². The quantitative estimate of drug-likeness (QED) is 0.823. The van der Waals surface area contributed by atoms with Crippen molar-refractivity contribution in [2.24, 2.45) is 0 Å². The highest BCUT2D eigenvalue weighted by Gasteiger charge is 2.27. The number of phenols is 1. The first-order valence-electron chi connectivity index (χ1n) is 6.37. The third-order valence-electron chi connectivity index (χ3n) is 3.50. The molecule has 0 saturated heterocycles. The average molecular weight is 256 g/mol. The van der Waals surface area contributed by atoms with Crippen LogP contribution in [0.15, 0.2) is 42.5 Å². The second-order valence-electron chi connectivity index (χ2n) is 4.99. The van der Waals surface area contributed by atoms with Gasteiger partial charge in [-0.1, -0.05) is 23.8 Å². The van der Waals surface area contributed by atoms with E-state index in [0.717, 1.165) is 22.4 Å². The molecule has 2 unspecified atom stereocenters. The Hall–Kier alpha value is -2.00. The largest absolute Gasteiger partial charge is 0.508 e. The summed E-state index contributed by atoms with van der Waals surface area (Å²) in [5.74, 6) is 0.971. The Bertz CT molecular complexity index is 589. The Morgan fingerprint density at radius 3 is 2.58 bits per heavy atom. The van der Waals surface area contributed by atoms with Crippen molar-refractivity contribution >= 4 is 0 Å². The number of benzene rings is 2. The van der Waals surface area contributed by atoms with Gasteiger partial charge in [0, 0.05) is 12.0 Å². The minimum Gasteiger partial charge on any atom is -0.508 e. The molecule has 1 heterocycles. The Kier molecular flexibility index (Phi) is 2.91. The zero-order valence-electron chi connectivity index (χ0n) is 10.7. The lowest BCUT2D eigenvalue weighted by molar-refractivity contribution is 0.0656. The number of hydrogen-bond acceptors (Lipinski definition) is 3. The summed E-state index contributed by atoms with van der Waals surface area (Å²) >= 11 is 0. The van der Waals surface area contributed by atoms with Crippen molar-refractivity contribution in [3.63, 3.8) is 0 Å². The molecule has 3 heteroatoms. The fraction of sp³-hybridized carbons (Fsp3) is 0.250. The van der Waals surface area contributed by atoms with E-state index in [0.29, 0.717) is 6.42 Å². The van der Waals surface area contributed by atoms with E-state index in [1.807, 2.05) is 37.3 Å². The number of aliphatic hydroxyl groups is 1. The fourth-order valence-corrected chi connectivity index (χ4v) is 2.46. The number of aromatic hydroxyl groups is 1. The van der Waals surface area contributed by atoms with Crippen LogP contribution in [0, 0.1) is 6.92 Å². The van der Waals surface area contributed by atoms with E-state index in [-0.39, 0.29) is 11.9 Å². The summed E-state index contributed by atoms with van der Waals surface area (Å²) in [4.78, 5) is 0. The molecule has 19 heavy (non-hydrogen) atoms. The number of fused-ring (bicyclic) bond motifs is 1. The van der Waals surface area contributed by atoms with Gasteiger partial charge < -0.3 is 14.9 Å². The van der Waals surface area contributed by atoms with Crippen LogP contribution in [-0.4, -0.2) is 10.2 Å². The molecule has 2 atom stereocenters. The lowest BCUT2D eigenvalue weighted by Crippen LogP contribution is -2.19. The molecule has 0 aliphatic carbocycles. The van der Waals surface area contributed by atoms with Crippen molar-refractivity contribution in [2.75, 3.05) is 0 Å². The Morgan fingerprint density at radius 1 is 1.11 bits per heavy atom. The smallest absolute Gasteiger partial charge is 0.127 e. The van der Waals surface area contributed by atoms with Crippen LogP contribution in [0.1, 0.15) is 35.3 Å². The van der Waals surface area contributed by atoms with Crippen molar-refractivity contribution in [3.8, 4) is 11.5 Å². The second kappa shape index (κ2) is 4.59. The monoisotopic (exact) mass is 256 g/mol. The predicted octanol–water partition coefficient (Wildman–Crippen LogP) is 3.26. The fourth-order valence-electron chi connectivity index (χ4n) is 2.46. The van der Waals surface area contributed by atoms with Crippen LogP contribution < -0.4 is 4.74 Å². The Balaban J connectivity index is 1.92. The molecular weight excluding hydrogens is 240 g/mol. The van der Waals surface area contributed by atoms with Crippen molar-refractivity contribution in [2.45, 2.75) is 25.6 Å². The van der Waals surface area contributed by atoms with E-state index in [9.17, 15) is 10.2 Å². The highest BCUT2D eigenvalue weighted by molar-refractivity contribution is 5.41. The standard InChI is InChI=1S/C16H16O3/c1-10-2-7-15-13(8-10)14(18)9-16(19-15)11-3-5-12(17)6-4-11/h2-8,14,16-18H,9H2,1H3. The molecular formula is C16H16O3. The maximum absolute atomic E-state index is 10.2. The van der Waals surface area contributed by atoms with E-state index in [2.05, 4.69) is 0 Å². The van der Waals surface area contributed by atoms with Crippen LogP contribution in [0.3, 0.4) is 0 Å². The highest BCUT2D eigenvalue weighted by Crippen LogP contribution is 2.41. The number of rotatable bonds is 1. The predicted molar refractivity (Wildman–Crippen MR) is 72.2 cm³/mol. The molecule has 2 aromatic rings. The molecule has 0 spiro atoms. The molecule has 0 aromatic heterocycles. The number of hydrogen-bond donors (Lipinski definition) is 2. The van der Waals surface area contributed by atoms with Crippen molar-refractivity contribution in [3.05, 3.63) is 59.2 Å². The van der Waals surface area contributed by atoms with Gasteiger partial charge in [-0.05, 0) is 36.8 Å². The number of aliphatic hydroxyl groups excluding tert-OH is 1. The van der Waals surface area contributed by atoms with E-state index in [1.165, 1.54) is 0 Å². The first kappa shape index (κ1) is 12.1. The van der Waals surface area contributed by atoms with E-state index in [1.54, 1.807) is 12.1 Å². The van der Waals surface area contributed by atoms with Gasteiger partial charge in [0.25, 0.3) is 0 Å². The lowest BCUT2D eigenvalue weighted by Gasteiger charge is -2.30. The average Bonchev–Trinajstić information content (AvgIpc) is 2.40. The van der Waals surface area contributed by atoms with Gasteiger partial charge in [-0.2, -0.15) is 0 Å². The van der Waals surface area contributed by atoms with Gasteiger partial charge in [0.05, 0.1) is 6.10 Å². The maximum atomic E-state index is 10.2. The van der Waals surface area contributed by atoms with E-state index < -0.39 is 6.10 Å². The third-order valence-corrected chi connectivity index (χ3v) is 3.50. The van der Waals surface area contributed by atoms with Gasteiger partial charge in [-0.25, -0.2) is 0 Å². The number of aryl methyl sites for hydroxylation is 1. The van der Waals surface area contributed by atoms with Crippen LogP contribution in [0.4, 0.5) is 0 Å². The summed E-state index contributed by atoms with van der Waals surface area (Å²) in [7, 11) is 0. The van der Waals surface area contributed by atoms with Gasteiger partial charge >= 0.3 is 0 Å². The molecule has 0 amide bonds. The van der Waals surface area contributed by atoms with Crippen molar-refractivity contribution < 1.29 is 14.9 Å². The van der Waals surface area contributed by atoms with E-state index in [4.69, 9.17) is 4.74 Å². The summed E-state index contributed by atoms with van der Waals surface area (Å²) in [5, 5.41) is 19.5. The van der Waals surface area contributed by atoms with Crippen LogP contribution in [0.2, 0.25) is 0 Å². The van der Waals surface area contributed by atoms with Crippen LogP contribution in [-0.2, 0) is 0 Å². The lowest BCUT2D eigenvalue weighted by atomic mass is 9.94. The molecule has 0 radical (unpaired) electrons. The topological polar surface area (TPSA) is 49.7 Å². The number of ether oxygens (including phenoxy) is 1. The molecule has 0 fully saturated rings. The summed E-state index contributed by atoms with van der Waals surface area (Å²) in [5.41, 5.74) is 2.93. The Labute approximate surface area is 112 Å². The summed E-state index contributed by atoms with van der Waals surface area (Å²) in [6.45, 7) is 2.00. The first-order chi connectivity index (χ1) is 9.13. The molecule has 3 nitrogen and oxygen atoms in total.